The number of pyridine rings is 1. The summed E-state index contributed by atoms with van der Waals surface area (Å²) in [5, 5.41) is 6.79. The first kappa shape index (κ1) is 12.6. The summed E-state index contributed by atoms with van der Waals surface area (Å²) < 4.78 is 1.41. The van der Waals surface area contributed by atoms with Gasteiger partial charge in [-0.3, -0.25) is 14.3 Å². The summed E-state index contributed by atoms with van der Waals surface area (Å²) in [5.74, 6) is 0.0127. The highest BCUT2D eigenvalue weighted by atomic mass is 32.2. The van der Waals surface area contributed by atoms with Crippen LogP contribution >= 0.6 is 11.8 Å². The van der Waals surface area contributed by atoms with Gasteiger partial charge >= 0.3 is 5.69 Å². The van der Waals surface area contributed by atoms with E-state index in [4.69, 9.17) is 0 Å². The highest BCUT2D eigenvalue weighted by Gasteiger charge is 2.08. The van der Waals surface area contributed by atoms with Crippen LogP contribution in [0.15, 0.2) is 33.2 Å². The molecule has 0 radical (unpaired) electrons. The second-order valence-corrected chi connectivity index (χ2v) is 4.67. The van der Waals surface area contributed by atoms with E-state index in [1.54, 1.807) is 32.3 Å². The number of ketones is 1. The summed E-state index contributed by atoms with van der Waals surface area (Å²) in [5.41, 5.74) is 0.195. The van der Waals surface area contributed by atoms with Crippen molar-refractivity contribution in [3.8, 4) is 0 Å². The highest BCUT2D eigenvalue weighted by Crippen LogP contribution is 2.23. The molecule has 94 valence electrons. The molecule has 6 nitrogen and oxygen atoms in total. The molecular weight excluding hydrogens is 252 g/mol. The Morgan fingerprint density at radius 1 is 1.50 bits per heavy atom. The second kappa shape index (κ2) is 5.18. The molecule has 0 saturated heterocycles. The Bertz CT molecular complexity index is 615. The Morgan fingerprint density at radius 2 is 2.28 bits per heavy atom. The van der Waals surface area contributed by atoms with Gasteiger partial charge in [0.25, 0.3) is 0 Å². The average molecular weight is 264 g/mol. The van der Waals surface area contributed by atoms with E-state index in [1.165, 1.54) is 16.3 Å². The van der Waals surface area contributed by atoms with E-state index in [0.29, 0.717) is 17.3 Å². The van der Waals surface area contributed by atoms with Crippen molar-refractivity contribution in [2.45, 2.75) is 23.4 Å². The van der Waals surface area contributed by atoms with Crippen LogP contribution in [-0.2, 0) is 7.05 Å². The van der Waals surface area contributed by atoms with Crippen LogP contribution in [0, 0.1) is 0 Å². The number of aromatic nitrogens is 4. The molecule has 0 aliphatic heterocycles. The quantitative estimate of drug-likeness (QED) is 0.840. The molecule has 0 aromatic carbocycles. The minimum atomic E-state index is -0.261. The van der Waals surface area contributed by atoms with Crippen LogP contribution in [-0.4, -0.2) is 25.5 Å². The van der Waals surface area contributed by atoms with Gasteiger partial charge in [0.05, 0.1) is 0 Å². The molecular formula is C11H12N4O2S. The molecule has 0 spiro atoms. The van der Waals surface area contributed by atoms with Crippen LogP contribution < -0.4 is 5.69 Å². The fraction of sp³-hybridized carbons (Fsp3) is 0.273. The number of rotatable bonds is 4. The predicted molar refractivity (Wildman–Crippen MR) is 66.8 cm³/mol. The van der Waals surface area contributed by atoms with Crippen molar-refractivity contribution in [3.63, 3.8) is 0 Å². The van der Waals surface area contributed by atoms with Crippen LogP contribution in [0.25, 0.3) is 0 Å². The zero-order chi connectivity index (χ0) is 13.1. The lowest BCUT2D eigenvalue weighted by Crippen LogP contribution is -2.12. The molecule has 0 saturated carbocycles. The standard InChI is InChI=1S/C11H12N4O2S/c1-3-9(16)8-5-4-7(6-12-8)18-11-14-13-10(17)15(11)2/h4-6H,3H2,1-2H3,(H,13,17). The molecule has 7 heteroatoms. The van der Waals surface area contributed by atoms with Crippen molar-refractivity contribution in [2.75, 3.05) is 0 Å². The summed E-state index contributed by atoms with van der Waals surface area (Å²) in [6, 6.07) is 3.47. The summed E-state index contributed by atoms with van der Waals surface area (Å²) in [6.45, 7) is 1.80. The maximum absolute atomic E-state index is 11.4. The van der Waals surface area contributed by atoms with E-state index in [2.05, 4.69) is 15.2 Å². The van der Waals surface area contributed by atoms with Gasteiger partial charge in [0.15, 0.2) is 10.9 Å². The number of nitrogens with zero attached hydrogens (tertiary/aromatic N) is 3. The van der Waals surface area contributed by atoms with Gasteiger partial charge in [0.1, 0.15) is 5.69 Å². The molecule has 2 rings (SSSR count). The van der Waals surface area contributed by atoms with E-state index in [-0.39, 0.29) is 11.5 Å². The molecule has 2 heterocycles. The molecule has 0 fully saturated rings. The van der Waals surface area contributed by atoms with Gasteiger partial charge in [-0.05, 0) is 23.9 Å². The second-order valence-electron chi connectivity index (χ2n) is 3.63. The first-order valence-electron chi connectivity index (χ1n) is 5.40. The lowest BCUT2D eigenvalue weighted by molar-refractivity contribution is 0.0983. The number of aromatic amines is 1. The van der Waals surface area contributed by atoms with Crippen LogP contribution in [0.5, 0.6) is 0 Å². The largest absolute Gasteiger partial charge is 0.343 e. The monoisotopic (exact) mass is 264 g/mol. The highest BCUT2D eigenvalue weighted by molar-refractivity contribution is 7.99. The third-order valence-corrected chi connectivity index (χ3v) is 3.42. The van der Waals surface area contributed by atoms with Gasteiger partial charge < -0.3 is 0 Å². The van der Waals surface area contributed by atoms with Gasteiger partial charge in [0.2, 0.25) is 0 Å². The SMILES string of the molecule is CCC(=O)c1ccc(Sc2n[nH]c(=O)n2C)cn1. The fourth-order valence-corrected chi connectivity index (χ4v) is 2.08. The molecule has 0 bridgehead atoms. The number of nitrogens with one attached hydrogen (secondary N) is 1. The zero-order valence-electron chi connectivity index (χ0n) is 10.0. The van der Waals surface area contributed by atoms with Gasteiger partial charge in [-0.2, -0.15) is 0 Å². The third kappa shape index (κ3) is 2.51. The molecule has 0 atom stereocenters. The normalized spacial score (nSPS) is 10.6. The maximum Gasteiger partial charge on any atom is 0.343 e. The fourth-order valence-electron chi connectivity index (χ4n) is 1.32. The van der Waals surface area contributed by atoms with Gasteiger partial charge in [-0.25, -0.2) is 9.89 Å². The molecule has 0 aliphatic carbocycles. The lowest BCUT2D eigenvalue weighted by Gasteiger charge is -2.01. The van der Waals surface area contributed by atoms with E-state index in [1.807, 2.05) is 0 Å². The van der Waals surface area contributed by atoms with E-state index in [9.17, 15) is 9.59 Å². The Morgan fingerprint density at radius 3 is 2.78 bits per heavy atom. The van der Waals surface area contributed by atoms with Crippen LogP contribution in [0.4, 0.5) is 0 Å². The molecule has 1 N–H and O–H groups in total. The molecule has 0 aliphatic rings. The Balaban J connectivity index is 2.18. The number of Topliss-reactive ketones (excluding diaryl/α,β-unsaturated/α-hetero) is 1. The van der Waals surface area contributed by atoms with Crippen molar-refractivity contribution in [3.05, 3.63) is 34.5 Å². The summed E-state index contributed by atoms with van der Waals surface area (Å²) >= 11 is 1.31. The smallest absolute Gasteiger partial charge is 0.292 e. The molecule has 0 amide bonds. The summed E-state index contributed by atoms with van der Waals surface area (Å²) in [4.78, 5) is 27.5. The number of hydrogen-bond donors (Lipinski definition) is 1. The van der Waals surface area contributed by atoms with Crippen molar-refractivity contribution in [1.29, 1.82) is 0 Å². The average Bonchev–Trinajstić information content (AvgIpc) is 2.71. The number of carbonyl (C=O) groups excluding carboxylic acids is 1. The third-order valence-electron chi connectivity index (χ3n) is 2.39. The Kier molecular flexibility index (Phi) is 3.61. The van der Waals surface area contributed by atoms with Crippen molar-refractivity contribution < 1.29 is 4.79 Å². The minimum absolute atomic E-state index is 0.0127. The summed E-state index contributed by atoms with van der Waals surface area (Å²) in [7, 11) is 1.64. The van der Waals surface area contributed by atoms with Gasteiger partial charge in [0, 0.05) is 24.6 Å². The van der Waals surface area contributed by atoms with Crippen LogP contribution in [0.3, 0.4) is 0 Å². The number of H-pyrrole nitrogens is 1. The van der Waals surface area contributed by atoms with Crippen LogP contribution in [0.2, 0.25) is 0 Å². The molecule has 2 aromatic rings. The van der Waals surface area contributed by atoms with E-state index < -0.39 is 0 Å². The van der Waals surface area contributed by atoms with E-state index >= 15 is 0 Å². The zero-order valence-corrected chi connectivity index (χ0v) is 10.8. The Hall–Kier alpha value is -1.89. The number of hydrogen-bond acceptors (Lipinski definition) is 5. The molecule has 2 aromatic heterocycles. The Labute approximate surface area is 107 Å². The van der Waals surface area contributed by atoms with Crippen molar-refractivity contribution in [2.24, 2.45) is 7.05 Å². The van der Waals surface area contributed by atoms with Gasteiger partial charge in [-0.1, -0.05) is 6.92 Å². The topological polar surface area (TPSA) is 80.6 Å². The first-order chi connectivity index (χ1) is 8.61. The first-order valence-corrected chi connectivity index (χ1v) is 6.22. The van der Waals surface area contributed by atoms with Gasteiger partial charge in [-0.15, -0.1) is 5.10 Å². The van der Waals surface area contributed by atoms with Crippen molar-refractivity contribution in [1.82, 2.24) is 19.7 Å². The molecule has 0 unspecified atom stereocenters. The van der Waals surface area contributed by atoms with E-state index in [0.717, 1.165) is 4.90 Å². The minimum Gasteiger partial charge on any atom is -0.292 e. The van der Waals surface area contributed by atoms with Crippen molar-refractivity contribution >= 4 is 17.5 Å². The predicted octanol–water partition coefficient (Wildman–Crippen LogP) is 1.25. The maximum atomic E-state index is 11.4. The summed E-state index contributed by atoms with van der Waals surface area (Å²) in [6.07, 6.45) is 2.04. The number of carbonyl (C=O) groups is 1. The molecule has 18 heavy (non-hydrogen) atoms. The van der Waals surface area contributed by atoms with Crippen LogP contribution in [0.1, 0.15) is 23.8 Å². The lowest BCUT2D eigenvalue weighted by atomic mass is 10.2.